The van der Waals surface area contributed by atoms with Crippen LogP contribution in [0, 0.1) is 12.7 Å². The summed E-state index contributed by atoms with van der Waals surface area (Å²) < 4.78 is 20.1. The molecule has 0 aliphatic carbocycles. The van der Waals surface area contributed by atoms with Gasteiger partial charge in [0.2, 0.25) is 0 Å². The van der Waals surface area contributed by atoms with Crippen molar-refractivity contribution in [2.75, 3.05) is 0 Å². The predicted molar refractivity (Wildman–Crippen MR) is 81.3 cm³/mol. The molecule has 0 bridgehead atoms. The molecular formula is C15H17ClFN3O2. The Morgan fingerprint density at radius 3 is 2.86 bits per heavy atom. The summed E-state index contributed by atoms with van der Waals surface area (Å²) in [5.41, 5.74) is 1.79. The molecule has 2 rings (SSSR count). The number of aryl methyl sites for hydroxylation is 2. The first-order chi connectivity index (χ1) is 10.4. The maximum Gasteiger partial charge on any atom is 0.261 e. The molecule has 1 aromatic heterocycles. The van der Waals surface area contributed by atoms with Crippen molar-refractivity contribution in [1.29, 1.82) is 0 Å². The first-order valence-electron chi connectivity index (χ1n) is 6.75. The van der Waals surface area contributed by atoms with Crippen LogP contribution in [-0.4, -0.2) is 21.8 Å². The highest BCUT2D eigenvalue weighted by Gasteiger charge is 2.16. The molecule has 0 saturated heterocycles. The Bertz CT molecular complexity index is 687. The Balaban J connectivity index is 1.93. The van der Waals surface area contributed by atoms with E-state index >= 15 is 0 Å². The van der Waals surface area contributed by atoms with Gasteiger partial charge in [0.25, 0.3) is 5.91 Å². The van der Waals surface area contributed by atoms with E-state index in [1.807, 2.05) is 20.2 Å². The number of hydrogen-bond donors (Lipinski definition) is 1. The van der Waals surface area contributed by atoms with Crippen LogP contribution in [0.2, 0.25) is 5.02 Å². The van der Waals surface area contributed by atoms with Crippen LogP contribution in [0.5, 0.6) is 5.75 Å². The van der Waals surface area contributed by atoms with Gasteiger partial charge in [0.1, 0.15) is 11.6 Å². The third-order valence-corrected chi connectivity index (χ3v) is 3.43. The van der Waals surface area contributed by atoms with Gasteiger partial charge in [-0.25, -0.2) is 4.39 Å². The van der Waals surface area contributed by atoms with Crippen molar-refractivity contribution < 1.29 is 13.9 Å². The van der Waals surface area contributed by atoms with Crippen molar-refractivity contribution in [3.63, 3.8) is 0 Å². The van der Waals surface area contributed by atoms with Crippen LogP contribution < -0.4 is 10.1 Å². The topological polar surface area (TPSA) is 56.2 Å². The van der Waals surface area contributed by atoms with Gasteiger partial charge in [-0.3, -0.25) is 9.48 Å². The molecule has 7 heteroatoms. The van der Waals surface area contributed by atoms with Gasteiger partial charge < -0.3 is 10.1 Å². The van der Waals surface area contributed by atoms with E-state index in [4.69, 9.17) is 16.3 Å². The average Bonchev–Trinajstić information content (AvgIpc) is 2.77. The van der Waals surface area contributed by atoms with Gasteiger partial charge in [-0.2, -0.15) is 5.10 Å². The number of benzene rings is 1. The first-order valence-corrected chi connectivity index (χ1v) is 7.13. The molecule has 2 aromatic rings. The summed E-state index contributed by atoms with van der Waals surface area (Å²) in [5.74, 6) is -0.478. The summed E-state index contributed by atoms with van der Waals surface area (Å²) in [7, 11) is 1.82. The second-order valence-corrected chi connectivity index (χ2v) is 5.37. The lowest BCUT2D eigenvalue weighted by Crippen LogP contribution is -2.36. The molecule has 1 atom stereocenters. The minimum Gasteiger partial charge on any atom is -0.479 e. The molecule has 0 saturated carbocycles. The highest BCUT2D eigenvalue weighted by atomic mass is 35.5. The zero-order chi connectivity index (χ0) is 16.3. The molecular weight excluding hydrogens is 309 g/mol. The van der Waals surface area contributed by atoms with Gasteiger partial charge in [-0.05, 0) is 32.0 Å². The first kappa shape index (κ1) is 16.3. The van der Waals surface area contributed by atoms with Gasteiger partial charge in [-0.1, -0.05) is 11.6 Å². The second-order valence-electron chi connectivity index (χ2n) is 4.97. The Labute approximate surface area is 133 Å². The van der Waals surface area contributed by atoms with Crippen molar-refractivity contribution in [2.45, 2.75) is 26.5 Å². The minimum absolute atomic E-state index is 0.128. The molecule has 0 fully saturated rings. The third kappa shape index (κ3) is 3.98. The maximum absolute atomic E-state index is 13.0. The summed E-state index contributed by atoms with van der Waals surface area (Å²) in [6.45, 7) is 3.84. The number of ether oxygens (including phenoxy) is 1. The molecule has 0 aliphatic heterocycles. The van der Waals surface area contributed by atoms with Crippen LogP contribution >= 0.6 is 11.6 Å². The molecule has 0 radical (unpaired) electrons. The zero-order valence-electron chi connectivity index (χ0n) is 12.6. The molecule has 1 N–H and O–H groups in total. The lowest BCUT2D eigenvalue weighted by atomic mass is 10.2. The van der Waals surface area contributed by atoms with Crippen molar-refractivity contribution in [2.24, 2.45) is 7.05 Å². The molecule has 0 aliphatic rings. The quantitative estimate of drug-likeness (QED) is 0.919. The van der Waals surface area contributed by atoms with E-state index in [0.717, 1.165) is 17.3 Å². The van der Waals surface area contributed by atoms with Crippen LogP contribution in [0.15, 0.2) is 24.4 Å². The fraction of sp³-hybridized carbons (Fsp3) is 0.333. The number of halogens is 2. The van der Waals surface area contributed by atoms with E-state index < -0.39 is 11.9 Å². The minimum atomic E-state index is -0.750. The number of amides is 1. The van der Waals surface area contributed by atoms with Crippen LogP contribution in [0.25, 0.3) is 0 Å². The Kier molecular flexibility index (Phi) is 5.03. The molecule has 0 unspecified atom stereocenters. The normalized spacial score (nSPS) is 12.0. The molecule has 22 heavy (non-hydrogen) atoms. The van der Waals surface area contributed by atoms with Gasteiger partial charge in [-0.15, -0.1) is 0 Å². The van der Waals surface area contributed by atoms with Crippen LogP contribution in [0.4, 0.5) is 4.39 Å². The summed E-state index contributed by atoms with van der Waals surface area (Å²) in [6.07, 6.45) is 1.10. The Hall–Kier alpha value is -2.08. The highest BCUT2D eigenvalue weighted by molar-refractivity contribution is 6.32. The smallest absolute Gasteiger partial charge is 0.261 e. The van der Waals surface area contributed by atoms with Crippen LogP contribution in [-0.2, 0) is 18.4 Å². The van der Waals surface area contributed by atoms with Crippen molar-refractivity contribution >= 4 is 17.5 Å². The molecule has 5 nitrogen and oxygen atoms in total. The largest absolute Gasteiger partial charge is 0.479 e. The number of nitrogens with zero attached hydrogens (tertiary/aromatic N) is 2. The lowest BCUT2D eigenvalue weighted by molar-refractivity contribution is -0.127. The SMILES string of the molecule is Cc1nn(C)cc1CNC(=O)[C@@H](C)Oc1ccc(F)cc1Cl. The van der Waals surface area contributed by atoms with Crippen LogP contribution in [0.3, 0.4) is 0 Å². The number of hydrogen-bond acceptors (Lipinski definition) is 3. The molecule has 118 valence electrons. The van der Waals surface area contributed by atoms with Crippen molar-refractivity contribution in [1.82, 2.24) is 15.1 Å². The average molecular weight is 326 g/mol. The number of aromatic nitrogens is 2. The summed E-state index contributed by atoms with van der Waals surface area (Å²) in [5, 5.41) is 7.10. The van der Waals surface area contributed by atoms with E-state index in [-0.39, 0.29) is 16.7 Å². The monoisotopic (exact) mass is 325 g/mol. The molecule has 1 amide bonds. The van der Waals surface area contributed by atoms with E-state index in [1.54, 1.807) is 11.6 Å². The number of rotatable bonds is 5. The zero-order valence-corrected chi connectivity index (χ0v) is 13.3. The number of carbonyl (C=O) groups excluding carboxylic acids is 1. The molecule has 1 heterocycles. The molecule has 0 spiro atoms. The van der Waals surface area contributed by atoms with Crippen molar-refractivity contribution in [3.8, 4) is 5.75 Å². The lowest BCUT2D eigenvalue weighted by Gasteiger charge is -2.15. The maximum atomic E-state index is 13.0. The Morgan fingerprint density at radius 2 is 2.27 bits per heavy atom. The van der Waals surface area contributed by atoms with Gasteiger partial charge >= 0.3 is 0 Å². The standard InChI is InChI=1S/C15H17ClFN3O2/c1-9-11(8-20(3)19-9)7-18-15(21)10(2)22-14-5-4-12(17)6-13(14)16/h4-6,8,10H,7H2,1-3H3,(H,18,21)/t10-/m1/s1. The van der Waals surface area contributed by atoms with Gasteiger partial charge in [0.15, 0.2) is 6.10 Å². The van der Waals surface area contributed by atoms with Crippen LogP contribution in [0.1, 0.15) is 18.2 Å². The number of carbonyl (C=O) groups is 1. The summed E-state index contributed by atoms with van der Waals surface area (Å²) in [4.78, 5) is 12.0. The highest BCUT2D eigenvalue weighted by Crippen LogP contribution is 2.25. The van der Waals surface area contributed by atoms with E-state index in [9.17, 15) is 9.18 Å². The third-order valence-electron chi connectivity index (χ3n) is 3.14. The van der Waals surface area contributed by atoms with Gasteiger partial charge in [0.05, 0.1) is 10.7 Å². The summed E-state index contributed by atoms with van der Waals surface area (Å²) in [6, 6.07) is 3.76. The summed E-state index contributed by atoms with van der Waals surface area (Å²) >= 11 is 5.87. The molecule has 1 aromatic carbocycles. The van der Waals surface area contributed by atoms with Gasteiger partial charge in [0, 0.05) is 25.4 Å². The van der Waals surface area contributed by atoms with E-state index in [0.29, 0.717) is 6.54 Å². The fourth-order valence-corrected chi connectivity index (χ4v) is 2.17. The Morgan fingerprint density at radius 1 is 1.55 bits per heavy atom. The van der Waals surface area contributed by atoms with Crippen molar-refractivity contribution in [3.05, 3.63) is 46.5 Å². The predicted octanol–water partition coefficient (Wildman–Crippen LogP) is 2.60. The van der Waals surface area contributed by atoms with E-state index in [1.165, 1.54) is 12.1 Å². The fourth-order valence-electron chi connectivity index (χ4n) is 1.96. The van der Waals surface area contributed by atoms with E-state index in [2.05, 4.69) is 10.4 Å². The number of nitrogens with one attached hydrogen (secondary N) is 1. The second kappa shape index (κ2) is 6.79.